The van der Waals surface area contributed by atoms with Crippen molar-refractivity contribution >= 4 is 29.7 Å². The van der Waals surface area contributed by atoms with Crippen molar-refractivity contribution in [2.75, 3.05) is 12.4 Å². The number of ether oxygens (including phenoxy) is 2. The molecule has 4 atom stereocenters. The monoisotopic (exact) mass is 574 g/mol. The summed E-state index contributed by atoms with van der Waals surface area (Å²) in [5, 5.41) is 12.2. The molecular weight excluding hydrogens is 540 g/mol. The van der Waals surface area contributed by atoms with Gasteiger partial charge in [-0.15, -0.1) is 11.8 Å². The summed E-state index contributed by atoms with van der Waals surface area (Å²) in [6.07, 6.45) is -0.926. The van der Waals surface area contributed by atoms with E-state index in [0.717, 1.165) is 27.8 Å². The quantitative estimate of drug-likeness (QED) is 0.340. The van der Waals surface area contributed by atoms with Crippen molar-refractivity contribution in [3.8, 4) is 11.1 Å². The van der Waals surface area contributed by atoms with Crippen molar-refractivity contribution in [2.45, 2.75) is 56.4 Å². The minimum atomic E-state index is -1.14. The van der Waals surface area contributed by atoms with Crippen LogP contribution in [0.15, 0.2) is 78.9 Å². The van der Waals surface area contributed by atoms with Crippen LogP contribution in [-0.2, 0) is 25.7 Å². The number of carboxylic acid groups (broad SMARTS) is 1. The van der Waals surface area contributed by atoms with Gasteiger partial charge in [-0.05, 0) is 41.2 Å². The Morgan fingerprint density at radius 2 is 1.59 bits per heavy atom. The first kappa shape index (κ1) is 28.7. The summed E-state index contributed by atoms with van der Waals surface area (Å²) in [7, 11) is 0. The molecule has 0 spiro atoms. The van der Waals surface area contributed by atoms with Crippen molar-refractivity contribution in [3.63, 3.8) is 0 Å². The van der Waals surface area contributed by atoms with Crippen molar-refractivity contribution in [1.29, 1.82) is 0 Å². The van der Waals surface area contributed by atoms with Gasteiger partial charge in [0.25, 0.3) is 0 Å². The number of carbonyl (C=O) groups is 3. The van der Waals surface area contributed by atoms with Gasteiger partial charge in [0, 0.05) is 11.7 Å². The van der Waals surface area contributed by atoms with Gasteiger partial charge in [-0.3, -0.25) is 4.79 Å². The largest absolute Gasteiger partial charge is 0.480 e. The van der Waals surface area contributed by atoms with Gasteiger partial charge in [-0.25, -0.2) is 9.59 Å². The molecule has 2 N–H and O–H groups in total. The van der Waals surface area contributed by atoms with Gasteiger partial charge in [0.1, 0.15) is 18.7 Å². The molecule has 3 aromatic carbocycles. The highest BCUT2D eigenvalue weighted by Crippen LogP contribution is 2.44. The van der Waals surface area contributed by atoms with Gasteiger partial charge in [0.2, 0.25) is 5.91 Å². The number of benzene rings is 3. The molecule has 4 unspecified atom stereocenters. The van der Waals surface area contributed by atoms with E-state index in [1.54, 1.807) is 6.92 Å². The van der Waals surface area contributed by atoms with Crippen molar-refractivity contribution in [1.82, 2.24) is 10.2 Å². The standard InChI is InChI=1S/C32H34N2O6S/c1-3-28-34(27(19-41-28)31(36)37)30(35)29(20(2)39-17-21-11-5-4-6-12-21)33-32(38)40-18-26-24-15-9-7-13-22(24)23-14-8-10-16-25(23)26/h4-16,20,26-29H,3,17-19H2,1-2H3,(H,33,38)(H,36,37). The minimum absolute atomic E-state index is 0.0922. The minimum Gasteiger partial charge on any atom is -0.480 e. The lowest BCUT2D eigenvalue weighted by Crippen LogP contribution is -2.58. The molecule has 214 valence electrons. The second kappa shape index (κ2) is 12.8. The fourth-order valence-electron chi connectivity index (χ4n) is 5.57. The van der Waals surface area contributed by atoms with E-state index >= 15 is 0 Å². The van der Waals surface area contributed by atoms with Crippen LogP contribution in [0.5, 0.6) is 0 Å². The smallest absolute Gasteiger partial charge is 0.407 e. The molecule has 0 radical (unpaired) electrons. The van der Waals surface area contributed by atoms with Crippen molar-refractivity contribution in [2.24, 2.45) is 0 Å². The second-order valence-corrected chi connectivity index (χ2v) is 11.5. The highest BCUT2D eigenvalue weighted by molar-refractivity contribution is 8.00. The van der Waals surface area contributed by atoms with Crippen LogP contribution in [0.4, 0.5) is 4.79 Å². The Morgan fingerprint density at radius 1 is 0.976 bits per heavy atom. The molecule has 3 aromatic rings. The molecule has 41 heavy (non-hydrogen) atoms. The molecule has 1 fully saturated rings. The molecule has 2 aliphatic rings. The molecule has 0 aromatic heterocycles. The maximum Gasteiger partial charge on any atom is 0.407 e. The summed E-state index contributed by atoms with van der Waals surface area (Å²) >= 11 is 1.43. The van der Waals surface area contributed by atoms with Crippen LogP contribution in [0, 0.1) is 0 Å². The summed E-state index contributed by atoms with van der Waals surface area (Å²) in [6.45, 7) is 3.93. The molecule has 0 saturated carbocycles. The third kappa shape index (κ3) is 6.11. The van der Waals surface area contributed by atoms with E-state index in [4.69, 9.17) is 9.47 Å². The number of rotatable bonds is 10. The second-order valence-electron chi connectivity index (χ2n) is 10.2. The van der Waals surface area contributed by atoms with Crippen LogP contribution in [0.25, 0.3) is 11.1 Å². The number of fused-ring (bicyclic) bond motifs is 3. The molecule has 8 nitrogen and oxygen atoms in total. The number of thioether (sulfide) groups is 1. The third-order valence-corrected chi connectivity index (χ3v) is 9.14. The van der Waals surface area contributed by atoms with Gasteiger partial charge < -0.3 is 24.8 Å². The van der Waals surface area contributed by atoms with Crippen LogP contribution >= 0.6 is 11.8 Å². The van der Waals surface area contributed by atoms with Crippen LogP contribution in [0.1, 0.15) is 42.9 Å². The van der Waals surface area contributed by atoms with E-state index in [-0.39, 0.29) is 30.3 Å². The van der Waals surface area contributed by atoms with Crippen LogP contribution in [-0.4, -0.2) is 63.9 Å². The number of amides is 2. The molecule has 1 aliphatic heterocycles. The molecule has 1 heterocycles. The highest BCUT2D eigenvalue weighted by atomic mass is 32.2. The fraction of sp³-hybridized carbons (Fsp3) is 0.344. The topological polar surface area (TPSA) is 105 Å². The SMILES string of the molecule is CCC1SCC(C(=O)O)N1C(=O)C(NC(=O)OCC1c2ccccc2-c2ccccc21)C(C)OCc1ccccc1. The van der Waals surface area contributed by atoms with E-state index in [1.807, 2.05) is 73.7 Å². The Labute approximate surface area is 244 Å². The summed E-state index contributed by atoms with van der Waals surface area (Å²) < 4.78 is 11.8. The number of hydrogen-bond donors (Lipinski definition) is 2. The number of hydrogen-bond acceptors (Lipinski definition) is 6. The number of carbonyl (C=O) groups excluding carboxylic acids is 2. The Balaban J connectivity index is 1.33. The normalized spacial score (nSPS) is 19.2. The first-order chi connectivity index (χ1) is 19.9. The summed E-state index contributed by atoms with van der Waals surface area (Å²) in [6, 6.07) is 23.5. The maximum atomic E-state index is 13.9. The number of aliphatic carboxylic acids is 1. The Kier molecular flexibility index (Phi) is 8.95. The average molecular weight is 575 g/mol. The average Bonchev–Trinajstić information content (AvgIpc) is 3.57. The van der Waals surface area contributed by atoms with E-state index in [0.29, 0.717) is 6.42 Å². The van der Waals surface area contributed by atoms with Gasteiger partial charge >= 0.3 is 12.1 Å². The zero-order valence-electron chi connectivity index (χ0n) is 23.1. The summed E-state index contributed by atoms with van der Waals surface area (Å²) in [5.41, 5.74) is 5.31. The number of nitrogens with one attached hydrogen (secondary N) is 1. The molecule has 0 bridgehead atoms. The Bertz CT molecular complexity index is 1350. The predicted octanol–water partition coefficient (Wildman–Crippen LogP) is 5.26. The molecule has 9 heteroatoms. The maximum absolute atomic E-state index is 13.9. The van der Waals surface area contributed by atoms with E-state index < -0.39 is 36.2 Å². The van der Waals surface area contributed by atoms with Crippen LogP contribution in [0.3, 0.4) is 0 Å². The van der Waals surface area contributed by atoms with Gasteiger partial charge in [-0.1, -0.05) is 85.8 Å². The first-order valence-corrected chi connectivity index (χ1v) is 14.9. The van der Waals surface area contributed by atoms with Crippen LogP contribution in [0.2, 0.25) is 0 Å². The van der Waals surface area contributed by atoms with E-state index in [1.165, 1.54) is 16.7 Å². The van der Waals surface area contributed by atoms with E-state index in [2.05, 4.69) is 17.4 Å². The molecular formula is C32H34N2O6S. The molecule has 5 rings (SSSR count). The predicted molar refractivity (Wildman–Crippen MR) is 157 cm³/mol. The number of alkyl carbamates (subject to hydrolysis) is 1. The first-order valence-electron chi connectivity index (χ1n) is 13.8. The van der Waals surface area contributed by atoms with Crippen molar-refractivity contribution in [3.05, 3.63) is 95.6 Å². The summed E-state index contributed by atoms with van der Waals surface area (Å²) in [5.74, 6) is -1.41. The lowest BCUT2D eigenvalue weighted by Gasteiger charge is -2.33. The van der Waals surface area contributed by atoms with Gasteiger partial charge in [0.15, 0.2) is 0 Å². The van der Waals surface area contributed by atoms with Crippen molar-refractivity contribution < 1.29 is 29.0 Å². The fourth-order valence-corrected chi connectivity index (χ4v) is 6.92. The molecule has 1 saturated heterocycles. The Hall–Kier alpha value is -3.82. The lowest BCUT2D eigenvalue weighted by atomic mass is 9.98. The number of carboxylic acids is 1. The summed E-state index contributed by atoms with van der Waals surface area (Å²) in [4.78, 5) is 40.5. The third-order valence-electron chi connectivity index (χ3n) is 7.69. The van der Waals surface area contributed by atoms with Gasteiger partial charge in [-0.2, -0.15) is 0 Å². The molecule has 2 amide bonds. The highest BCUT2D eigenvalue weighted by Gasteiger charge is 2.45. The number of nitrogens with zero attached hydrogens (tertiary/aromatic N) is 1. The Morgan fingerprint density at radius 3 is 2.20 bits per heavy atom. The zero-order valence-corrected chi connectivity index (χ0v) is 23.9. The van der Waals surface area contributed by atoms with Crippen LogP contribution < -0.4 is 5.32 Å². The van der Waals surface area contributed by atoms with Gasteiger partial charge in [0.05, 0.1) is 18.1 Å². The lowest BCUT2D eigenvalue weighted by molar-refractivity contribution is -0.151. The molecule has 1 aliphatic carbocycles. The zero-order chi connectivity index (χ0) is 28.9. The van der Waals surface area contributed by atoms with E-state index in [9.17, 15) is 19.5 Å².